The van der Waals surface area contributed by atoms with Crippen LogP contribution in [0.1, 0.15) is 30.9 Å². The van der Waals surface area contributed by atoms with Crippen LogP contribution in [0.15, 0.2) is 37.6 Å². The van der Waals surface area contributed by atoms with Gasteiger partial charge in [-0.25, -0.2) is 9.59 Å². The first-order chi connectivity index (χ1) is 18.8. The van der Waals surface area contributed by atoms with E-state index in [2.05, 4.69) is 4.98 Å². The lowest BCUT2D eigenvalue weighted by Crippen LogP contribution is -2.36. The van der Waals surface area contributed by atoms with Crippen LogP contribution in [-0.4, -0.2) is 81.3 Å². The van der Waals surface area contributed by atoms with E-state index in [9.17, 15) is 55.7 Å². The van der Waals surface area contributed by atoms with Crippen molar-refractivity contribution in [3.05, 3.63) is 65.7 Å². The van der Waals surface area contributed by atoms with E-state index in [0.717, 1.165) is 0 Å². The molecule has 0 amide bonds. The number of aromatic amines is 2. The third kappa shape index (κ3) is 10.0. The van der Waals surface area contributed by atoms with Gasteiger partial charge in [0.05, 0.1) is 25.4 Å². The second-order valence-electron chi connectivity index (χ2n) is 8.38. The third-order valence-electron chi connectivity index (χ3n) is 5.51. The van der Waals surface area contributed by atoms with Crippen LogP contribution in [0.4, 0.5) is 26.3 Å². The Morgan fingerprint density at radius 2 is 1.29 bits per heavy atom. The first kappa shape index (κ1) is 34.6. The largest absolute Gasteiger partial charge is 0.441 e. The molecule has 0 unspecified atom stereocenters. The predicted octanol–water partition coefficient (Wildman–Crippen LogP) is -0.685. The van der Waals surface area contributed by atoms with Gasteiger partial charge in [0.15, 0.2) is 0 Å². The number of aliphatic hydroxyl groups excluding tert-OH is 4. The Balaban J connectivity index is 0.000000251. The van der Waals surface area contributed by atoms with Gasteiger partial charge < -0.3 is 29.9 Å². The minimum Gasteiger partial charge on any atom is -0.394 e. The molecule has 0 aromatic carbocycles. The summed E-state index contributed by atoms with van der Waals surface area (Å²) >= 11 is 0.378. The number of aromatic nitrogens is 4. The van der Waals surface area contributed by atoms with E-state index < -0.39 is 81.9 Å². The van der Waals surface area contributed by atoms with Crippen LogP contribution in [0.5, 0.6) is 0 Å². The third-order valence-corrected chi connectivity index (χ3v) is 5.51. The highest BCUT2D eigenvalue weighted by Crippen LogP contribution is 2.30. The number of alkyl halides is 7. The maximum Gasteiger partial charge on any atom is 0.441 e. The van der Waals surface area contributed by atoms with Gasteiger partial charge in [-0.15, -0.1) is 0 Å². The summed E-state index contributed by atoms with van der Waals surface area (Å²) in [7, 11) is 0. The molecule has 0 aliphatic carbocycles. The molecule has 0 radical (unpaired) electrons. The summed E-state index contributed by atoms with van der Waals surface area (Å²) in [5.74, 6) is 0. The van der Waals surface area contributed by atoms with Crippen molar-refractivity contribution in [2.75, 3.05) is 13.2 Å². The number of halogens is 7. The second-order valence-corrected chi connectivity index (χ2v) is 9.61. The number of aliphatic hydroxyl groups is 4. The lowest BCUT2D eigenvalue weighted by Gasteiger charge is -2.16. The molecule has 2 aromatic heterocycles. The summed E-state index contributed by atoms with van der Waals surface area (Å²) in [5, 5.41) is 36.8. The van der Waals surface area contributed by atoms with E-state index in [1.807, 2.05) is 0 Å². The fraction of sp³-hybridized carbons (Fsp3) is 0.600. The number of nitrogens with one attached hydrogen (secondary N) is 2. The van der Waals surface area contributed by atoms with Crippen molar-refractivity contribution in [3.63, 3.8) is 0 Å². The molecule has 2 fully saturated rings. The molecular weight excluding hydrogens is 697 g/mol. The number of hydrogen-bond acceptors (Lipinski definition) is 10. The average molecular weight is 720 g/mol. The molecule has 6 atom stereocenters. The van der Waals surface area contributed by atoms with Crippen molar-refractivity contribution >= 4 is 22.6 Å². The molecule has 6 N–H and O–H groups in total. The second kappa shape index (κ2) is 14.1. The maximum absolute atomic E-state index is 12.6. The zero-order valence-electron chi connectivity index (χ0n) is 20.3. The van der Waals surface area contributed by atoms with Crippen LogP contribution in [0.25, 0.3) is 0 Å². The molecule has 232 valence electrons. The van der Waals surface area contributed by atoms with Crippen LogP contribution in [0.2, 0.25) is 0 Å². The number of rotatable bonds is 4. The summed E-state index contributed by atoms with van der Waals surface area (Å²) < 4.78 is 76.9. The summed E-state index contributed by atoms with van der Waals surface area (Å²) in [6.45, 7) is -0.850. The Kier molecular flexibility index (Phi) is 11.9. The highest BCUT2D eigenvalue weighted by atomic mass is 127. The van der Waals surface area contributed by atoms with Gasteiger partial charge in [-0.2, -0.15) is 26.3 Å². The summed E-state index contributed by atoms with van der Waals surface area (Å²) in [4.78, 5) is 48.5. The molecule has 4 rings (SSSR count). The van der Waals surface area contributed by atoms with Gasteiger partial charge in [-0.05, 0) is 0 Å². The zero-order chi connectivity index (χ0) is 31.3. The van der Waals surface area contributed by atoms with Gasteiger partial charge in [-0.3, -0.25) is 28.7 Å². The number of nitrogens with zero attached hydrogens (tertiary/aromatic N) is 2. The topological polar surface area (TPSA) is 209 Å². The van der Waals surface area contributed by atoms with Crippen LogP contribution < -0.4 is 22.5 Å². The van der Waals surface area contributed by atoms with Crippen LogP contribution in [-0.2, 0) is 15.7 Å². The van der Waals surface area contributed by atoms with Gasteiger partial charge in [0.2, 0.25) is 0 Å². The Morgan fingerprint density at radius 1 is 0.854 bits per heavy atom. The highest BCUT2D eigenvalue weighted by molar-refractivity contribution is 14.1. The van der Waals surface area contributed by atoms with Crippen LogP contribution >= 0.6 is 22.6 Å². The molecule has 2 aliphatic heterocycles. The summed E-state index contributed by atoms with van der Waals surface area (Å²) in [6, 6.07) is 1.20. The van der Waals surface area contributed by atoms with Crippen molar-refractivity contribution in [1.82, 2.24) is 19.1 Å². The van der Waals surface area contributed by atoms with Crippen molar-refractivity contribution < 1.29 is 56.2 Å². The zero-order valence-corrected chi connectivity index (χ0v) is 22.5. The van der Waals surface area contributed by atoms with E-state index in [4.69, 9.17) is 19.7 Å². The Labute approximate surface area is 236 Å². The first-order valence-corrected chi connectivity index (χ1v) is 12.3. The summed E-state index contributed by atoms with van der Waals surface area (Å²) in [6.07, 6.45) is -8.69. The molecule has 0 saturated carbocycles. The molecule has 0 bridgehead atoms. The maximum atomic E-state index is 12.6. The van der Waals surface area contributed by atoms with E-state index in [1.54, 1.807) is 4.98 Å². The SMILES string of the molecule is FC(F)(F)I.O=c1[nH]c(=O)n([C@H]2C[C@@H](O)[C@@H](CO)O2)cc1C(F)(F)F.O=c1ccn([C@H]2C[C@@H](O)[C@@H](CO)O2)c(=O)[nH]1. The monoisotopic (exact) mass is 720 g/mol. The molecule has 41 heavy (non-hydrogen) atoms. The number of H-pyrrole nitrogens is 2. The van der Waals surface area contributed by atoms with Crippen molar-refractivity contribution in [3.8, 4) is 0 Å². The molecule has 14 nitrogen and oxygen atoms in total. The van der Waals surface area contributed by atoms with Crippen molar-refractivity contribution in [2.24, 2.45) is 0 Å². The van der Waals surface area contributed by atoms with Gasteiger partial charge in [0.25, 0.3) is 11.1 Å². The van der Waals surface area contributed by atoms with Gasteiger partial charge in [0, 0.05) is 53.9 Å². The lowest BCUT2D eigenvalue weighted by molar-refractivity contribution is -0.139. The predicted molar refractivity (Wildman–Crippen MR) is 131 cm³/mol. The molecular formula is C20H23F6IN4O10. The summed E-state index contributed by atoms with van der Waals surface area (Å²) in [5.41, 5.74) is -5.25. The van der Waals surface area contributed by atoms with E-state index in [1.165, 1.54) is 16.8 Å². The number of ether oxygens (including phenoxy) is 2. The average Bonchev–Trinajstić information content (AvgIpc) is 3.39. The quantitative estimate of drug-likeness (QED) is 0.133. The first-order valence-electron chi connectivity index (χ1n) is 11.2. The highest BCUT2D eigenvalue weighted by Gasteiger charge is 2.39. The number of hydrogen-bond donors (Lipinski definition) is 6. The minimum absolute atomic E-state index is 0.172. The Hall–Kier alpha value is -2.57. The normalized spacial score (nSPS) is 26.1. The smallest absolute Gasteiger partial charge is 0.394 e. The van der Waals surface area contributed by atoms with Crippen molar-refractivity contribution in [1.29, 1.82) is 0 Å². The van der Waals surface area contributed by atoms with Gasteiger partial charge >= 0.3 is 21.7 Å². The molecule has 2 saturated heterocycles. The fourth-order valence-electron chi connectivity index (χ4n) is 3.66. The minimum atomic E-state index is -4.92. The van der Waals surface area contributed by atoms with Crippen LogP contribution in [0, 0.1) is 0 Å². The Morgan fingerprint density at radius 3 is 1.68 bits per heavy atom. The molecule has 4 heterocycles. The van der Waals surface area contributed by atoms with Crippen molar-refractivity contribution in [2.45, 2.75) is 60.1 Å². The molecule has 21 heteroatoms. The van der Waals surface area contributed by atoms with E-state index >= 15 is 0 Å². The van der Waals surface area contributed by atoms with Crippen LogP contribution in [0.3, 0.4) is 0 Å². The van der Waals surface area contributed by atoms with E-state index in [0.29, 0.717) is 33.4 Å². The molecule has 0 spiro atoms. The fourth-order valence-corrected chi connectivity index (χ4v) is 3.66. The lowest BCUT2D eigenvalue weighted by atomic mass is 10.2. The molecule has 2 aliphatic rings. The van der Waals surface area contributed by atoms with Gasteiger partial charge in [-0.1, -0.05) is 0 Å². The van der Waals surface area contributed by atoms with E-state index in [-0.39, 0.29) is 19.4 Å². The molecule has 2 aromatic rings. The Bertz CT molecular complexity index is 1380. The standard InChI is InChI=1S/C10H11F3N2O5.C9H12N2O5.CF3I/c11-10(12,13)4-2-15(9(19)14-8(4)18)7-1-5(17)6(3-16)20-7;12-4-6-5(13)3-8(16-6)11-2-1-7(14)10-9(11)15;2-1(3,4)5/h2,5-7,16-17H,1,3H2,(H,14,18,19);1-2,5-6,8,12-13H,3-4H2,(H,10,14,15);/t5-,6-,7-;5-,6-,8-;/m11./s1. The van der Waals surface area contributed by atoms with Gasteiger partial charge in [0.1, 0.15) is 30.2 Å².